The lowest BCUT2D eigenvalue weighted by molar-refractivity contribution is 0.102. The molecule has 4 nitrogen and oxygen atoms in total. The van der Waals surface area contributed by atoms with E-state index >= 15 is 0 Å². The minimum atomic E-state index is -0.158. The first kappa shape index (κ1) is 19.6. The molecule has 0 unspecified atom stereocenters. The van der Waals surface area contributed by atoms with Crippen LogP contribution in [0.1, 0.15) is 47.6 Å². The molecule has 0 saturated heterocycles. The maximum atomic E-state index is 12.5. The number of nitrogens with one attached hydrogen (secondary N) is 1. The van der Waals surface area contributed by atoms with Gasteiger partial charge >= 0.3 is 0 Å². The van der Waals surface area contributed by atoms with Crippen molar-refractivity contribution >= 4 is 11.6 Å². The smallest absolute Gasteiger partial charge is 0.257 e. The summed E-state index contributed by atoms with van der Waals surface area (Å²) in [5.41, 5.74) is 4.23. The third-order valence-electron chi connectivity index (χ3n) is 4.58. The Kier molecular flexibility index (Phi) is 6.43. The Balaban J connectivity index is 1.69. The summed E-state index contributed by atoms with van der Waals surface area (Å²) >= 11 is 0. The fraction of sp³-hybridized carbons (Fsp3) is 0.250. The highest BCUT2D eigenvalue weighted by Crippen LogP contribution is 2.27. The Morgan fingerprint density at radius 2 is 1.75 bits per heavy atom. The van der Waals surface area contributed by atoms with Crippen LogP contribution in [0.3, 0.4) is 0 Å². The molecule has 2 aromatic carbocycles. The van der Waals surface area contributed by atoms with Gasteiger partial charge < -0.3 is 10.1 Å². The number of nitrogens with zero attached hydrogens (tertiary/aromatic N) is 1. The summed E-state index contributed by atoms with van der Waals surface area (Å²) in [6.07, 6.45) is 2.90. The van der Waals surface area contributed by atoms with Crippen LogP contribution in [0.4, 0.5) is 5.69 Å². The first-order valence-electron chi connectivity index (χ1n) is 9.74. The lowest BCUT2D eigenvalue weighted by atomic mass is 10.1. The summed E-state index contributed by atoms with van der Waals surface area (Å²) in [5, 5.41) is 2.92. The summed E-state index contributed by atoms with van der Waals surface area (Å²) in [6, 6.07) is 19.2. The zero-order chi connectivity index (χ0) is 19.9. The zero-order valence-corrected chi connectivity index (χ0v) is 16.7. The van der Waals surface area contributed by atoms with Gasteiger partial charge in [-0.3, -0.25) is 9.78 Å². The highest BCUT2D eigenvalue weighted by atomic mass is 16.5. The van der Waals surface area contributed by atoms with Gasteiger partial charge in [-0.2, -0.15) is 0 Å². The molecule has 0 bridgehead atoms. The summed E-state index contributed by atoms with van der Waals surface area (Å²) in [4.78, 5) is 17.0. The number of benzene rings is 2. The molecule has 1 amide bonds. The Bertz CT molecular complexity index is 949. The predicted molar refractivity (Wildman–Crippen MR) is 113 cm³/mol. The first-order valence-corrected chi connectivity index (χ1v) is 9.74. The van der Waals surface area contributed by atoms with Crippen molar-refractivity contribution in [3.8, 4) is 11.5 Å². The number of hydrogen-bond donors (Lipinski definition) is 1. The Morgan fingerprint density at radius 3 is 2.43 bits per heavy atom. The molecule has 1 heterocycles. The largest absolute Gasteiger partial charge is 0.457 e. The lowest BCUT2D eigenvalue weighted by Gasteiger charge is -2.12. The monoisotopic (exact) mass is 374 g/mol. The number of amides is 1. The van der Waals surface area contributed by atoms with Gasteiger partial charge in [-0.15, -0.1) is 0 Å². The van der Waals surface area contributed by atoms with Crippen molar-refractivity contribution in [1.82, 2.24) is 4.98 Å². The summed E-state index contributed by atoms with van der Waals surface area (Å²) in [5.74, 6) is 1.46. The highest BCUT2D eigenvalue weighted by molar-refractivity contribution is 6.05. The van der Waals surface area contributed by atoms with Gasteiger partial charge in [-0.05, 0) is 67.8 Å². The van der Waals surface area contributed by atoms with Gasteiger partial charge in [0.05, 0.1) is 11.3 Å². The minimum absolute atomic E-state index is 0.158. The van der Waals surface area contributed by atoms with Crippen molar-refractivity contribution in [1.29, 1.82) is 0 Å². The fourth-order valence-electron chi connectivity index (χ4n) is 3.06. The second-order valence-electron chi connectivity index (χ2n) is 6.73. The number of para-hydroxylation sites is 1. The van der Waals surface area contributed by atoms with E-state index in [1.807, 2.05) is 68.4 Å². The number of anilines is 1. The number of pyridine rings is 1. The number of hydrogen-bond acceptors (Lipinski definition) is 3. The van der Waals surface area contributed by atoms with Gasteiger partial charge in [-0.1, -0.05) is 38.5 Å². The summed E-state index contributed by atoms with van der Waals surface area (Å²) in [6.45, 7) is 6.06. The average molecular weight is 374 g/mol. The molecular formula is C24H26N2O2. The molecule has 0 aliphatic rings. The van der Waals surface area contributed by atoms with E-state index in [4.69, 9.17) is 4.74 Å². The molecule has 0 spiro atoms. The van der Waals surface area contributed by atoms with Crippen molar-refractivity contribution in [2.75, 3.05) is 5.32 Å². The van der Waals surface area contributed by atoms with Crippen LogP contribution < -0.4 is 10.1 Å². The molecule has 144 valence electrons. The SMILES string of the molecule is CCCc1ccccc1Oc1ccc(NC(=O)c2ccc(CC)nc2C)cc1. The number of carbonyl (C=O) groups excluding carboxylic acids is 1. The summed E-state index contributed by atoms with van der Waals surface area (Å²) < 4.78 is 6.03. The van der Waals surface area contributed by atoms with Crippen LogP contribution in [0.15, 0.2) is 60.7 Å². The van der Waals surface area contributed by atoms with Crippen molar-refractivity contribution in [3.63, 3.8) is 0 Å². The van der Waals surface area contributed by atoms with Crippen LogP contribution in [0.2, 0.25) is 0 Å². The first-order chi connectivity index (χ1) is 13.6. The maximum Gasteiger partial charge on any atom is 0.257 e. The third-order valence-corrected chi connectivity index (χ3v) is 4.58. The lowest BCUT2D eigenvalue weighted by Crippen LogP contribution is -2.14. The van der Waals surface area contributed by atoms with E-state index in [2.05, 4.69) is 23.3 Å². The number of ether oxygens (including phenoxy) is 1. The molecule has 1 aromatic heterocycles. The highest BCUT2D eigenvalue weighted by Gasteiger charge is 2.11. The molecule has 4 heteroatoms. The Hall–Kier alpha value is -3.14. The fourth-order valence-corrected chi connectivity index (χ4v) is 3.06. The third kappa shape index (κ3) is 4.77. The van der Waals surface area contributed by atoms with Crippen LogP contribution in [-0.4, -0.2) is 10.9 Å². The second-order valence-corrected chi connectivity index (χ2v) is 6.73. The standard InChI is InChI=1S/C24H26N2O2/c1-4-8-18-9-6-7-10-23(18)28-21-14-11-20(12-15-21)26-24(27)22-16-13-19(5-2)25-17(22)3/h6-7,9-16H,4-5,8H2,1-3H3,(H,26,27). The topological polar surface area (TPSA) is 51.2 Å². The quantitative estimate of drug-likeness (QED) is 0.556. The maximum absolute atomic E-state index is 12.5. The number of carbonyl (C=O) groups is 1. The van der Waals surface area contributed by atoms with Gasteiger partial charge in [0.1, 0.15) is 11.5 Å². The van der Waals surface area contributed by atoms with E-state index in [1.54, 1.807) is 0 Å². The molecule has 0 fully saturated rings. The van der Waals surface area contributed by atoms with E-state index in [1.165, 1.54) is 5.56 Å². The summed E-state index contributed by atoms with van der Waals surface area (Å²) in [7, 11) is 0. The molecule has 0 saturated carbocycles. The molecule has 28 heavy (non-hydrogen) atoms. The van der Waals surface area contributed by atoms with Crippen molar-refractivity contribution in [3.05, 3.63) is 83.2 Å². The molecule has 0 radical (unpaired) electrons. The normalized spacial score (nSPS) is 10.5. The van der Waals surface area contributed by atoms with Gasteiger partial charge in [-0.25, -0.2) is 0 Å². The van der Waals surface area contributed by atoms with Crippen LogP contribution in [-0.2, 0) is 12.8 Å². The van der Waals surface area contributed by atoms with Gasteiger partial charge in [0.15, 0.2) is 0 Å². The molecule has 3 rings (SSSR count). The van der Waals surface area contributed by atoms with Gasteiger partial charge in [0, 0.05) is 11.4 Å². The van der Waals surface area contributed by atoms with Crippen LogP contribution in [0.5, 0.6) is 11.5 Å². The Labute approximate surface area is 166 Å². The predicted octanol–water partition coefficient (Wildman–Crippen LogP) is 5.95. The van der Waals surface area contributed by atoms with Crippen LogP contribution >= 0.6 is 0 Å². The number of aromatic nitrogens is 1. The Morgan fingerprint density at radius 1 is 1.00 bits per heavy atom. The zero-order valence-electron chi connectivity index (χ0n) is 16.7. The van der Waals surface area contributed by atoms with E-state index in [9.17, 15) is 4.79 Å². The van der Waals surface area contributed by atoms with E-state index in [-0.39, 0.29) is 5.91 Å². The van der Waals surface area contributed by atoms with Crippen LogP contribution in [0.25, 0.3) is 0 Å². The molecule has 0 atom stereocenters. The van der Waals surface area contributed by atoms with E-state index in [0.29, 0.717) is 5.56 Å². The van der Waals surface area contributed by atoms with Crippen molar-refractivity contribution in [2.45, 2.75) is 40.0 Å². The number of aryl methyl sites for hydroxylation is 3. The molecule has 1 N–H and O–H groups in total. The van der Waals surface area contributed by atoms with E-state index < -0.39 is 0 Å². The molecule has 0 aliphatic heterocycles. The minimum Gasteiger partial charge on any atom is -0.457 e. The average Bonchev–Trinajstić information content (AvgIpc) is 2.71. The van der Waals surface area contributed by atoms with Crippen molar-refractivity contribution < 1.29 is 9.53 Å². The van der Waals surface area contributed by atoms with Crippen LogP contribution in [0, 0.1) is 6.92 Å². The van der Waals surface area contributed by atoms with Gasteiger partial charge in [0.2, 0.25) is 0 Å². The van der Waals surface area contributed by atoms with Crippen molar-refractivity contribution in [2.24, 2.45) is 0 Å². The van der Waals surface area contributed by atoms with Gasteiger partial charge in [0.25, 0.3) is 5.91 Å². The second kappa shape index (κ2) is 9.18. The number of rotatable bonds is 7. The van der Waals surface area contributed by atoms with E-state index in [0.717, 1.165) is 47.8 Å². The molecule has 0 aliphatic carbocycles. The molecular weight excluding hydrogens is 348 g/mol. The molecule has 3 aromatic rings.